The van der Waals surface area contributed by atoms with Crippen molar-refractivity contribution in [2.24, 2.45) is 0 Å². The Labute approximate surface area is 142 Å². The van der Waals surface area contributed by atoms with Crippen molar-refractivity contribution >= 4 is 15.7 Å². The van der Waals surface area contributed by atoms with E-state index in [1.165, 1.54) is 4.31 Å². The summed E-state index contributed by atoms with van der Waals surface area (Å²) in [5, 5.41) is 0. The van der Waals surface area contributed by atoms with Crippen LogP contribution >= 0.6 is 0 Å². The number of pyridine rings is 1. The van der Waals surface area contributed by atoms with E-state index in [2.05, 4.69) is 4.98 Å². The Morgan fingerprint density at radius 2 is 1.50 bits per heavy atom. The van der Waals surface area contributed by atoms with Crippen LogP contribution in [0.4, 0.5) is 5.69 Å². The van der Waals surface area contributed by atoms with E-state index < -0.39 is 10.0 Å². The van der Waals surface area contributed by atoms with Crippen LogP contribution in [0.15, 0.2) is 84.0 Å². The normalized spacial score (nSPS) is 11.2. The lowest BCUT2D eigenvalue weighted by atomic mass is 10.1. The van der Waals surface area contributed by atoms with Crippen LogP contribution in [0, 0.1) is 0 Å². The summed E-state index contributed by atoms with van der Waals surface area (Å²) in [6.45, 7) is 2.17. The molecule has 5 heteroatoms. The zero-order chi connectivity index (χ0) is 17.0. The first-order valence-corrected chi connectivity index (χ1v) is 9.16. The Morgan fingerprint density at radius 3 is 2.17 bits per heavy atom. The Kier molecular flexibility index (Phi) is 4.62. The molecule has 0 aliphatic carbocycles. The molecule has 4 nitrogen and oxygen atoms in total. The average molecular weight is 338 g/mol. The molecule has 0 N–H and O–H groups in total. The second-order valence-corrected chi connectivity index (χ2v) is 7.07. The molecule has 0 atom stereocenters. The van der Waals surface area contributed by atoms with Gasteiger partial charge in [0.1, 0.15) is 0 Å². The lowest BCUT2D eigenvalue weighted by Gasteiger charge is -2.24. The number of anilines is 1. The van der Waals surface area contributed by atoms with Gasteiger partial charge in [0.15, 0.2) is 0 Å². The Bertz CT molecular complexity index is 910. The van der Waals surface area contributed by atoms with E-state index in [9.17, 15) is 8.42 Å². The lowest BCUT2D eigenvalue weighted by molar-refractivity contribution is 0.592. The minimum atomic E-state index is -3.68. The molecular weight excluding hydrogens is 320 g/mol. The van der Waals surface area contributed by atoms with Crippen LogP contribution in [-0.2, 0) is 10.0 Å². The first kappa shape index (κ1) is 16.2. The first-order chi connectivity index (χ1) is 11.6. The molecule has 1 aromatic heterocycles. The number of nitrogens with zero attached hydrogens (tertiary/aromatic N) is 2. The van der Waals surface area contributed by atoms with Gasteiger partial charge in [-0.1, -0.05) is 48.5 Å². The molecule has 2 aromatic carbocycles. The third-order valence-electron chi connectivity index (χ3n) is 3.78. The van der Waals surface area contributed by atoms with Crippen LogP contribution in [0.25, 0.3) is 11.1 Å². The summed E-state index contributed by atoms with van der Waals surface area (Å²) >= 11 is 0. The molecule has 24 heavy (non-hydrogen) atoms. The largest absolute Gasteiger partial charge is 0.266 e. The predicted molar refractivity (Wildman–Crippen MR) is 96.3 cm³/mol. The van der Waals surface area contributed by atoms with Crippen LogP contribution in [0.5, 0.6) is 0 Å². The maximum atomic E-state index is 13.3. The maximum Gasteiger partial charge on any atom is 0.264 e. The minimum Gasteiger partial charge on any atom is -0.266 e. The van der Waals surface area contributed by atoms with Gasteiger partial charge in [0, 0.05) is 24.5 Å². The standard InChI is InChI=1S/C19H18N2O2S/c1-2-21(17-12-14-20-15-13-17)24(22,23)19-11-7-6-10-18(19)16-8-4-3-5-9-16/h3-15H,2H2,1H3. The van der Waals surface area contributed by atoms with Crippen LogP contribution in [0.3, 0.4) is 0 Å². The molecule has 3 aromatic rings. The molecule has 122 valence electrons. The highest BCUT2D eigenvalue weighted by atomic mass is 32.2. The SMILES string of the molecule is CCN(c1ccncc1)S(=O)(=O)c1ccccc1-c1ccccc1. The van der Waals surface area contributed by atoms with Crippen molar-refractivity contribution in [1.82, 2.24) is 4.98 Å². The Balaban J connectivity index is 2.14. The van der Waals surface area contributed by atoms with Gasteiger partial charge in [0.2, 0.25) is 0 Å². The van der Waals surface area contributed by atoms with E-state index in [1.54, 1.807) is 36.7 Å². The zero-order valence-corrected chi connectivity index (χ0v) is 14.1. The monoisotopic (exact) mass is 338 g/mol. The predicted octanol–water partition coefficient (Wildman–Crippen LogP) is 3.96. The van der Waals surface area contributed by atoms with Crippen LogP contribution in [-0.4, -0.2) is 19.9 Å². The fourth-order valence-corrected chi connectivity index (χ4v) is 4.36. The molecule has 1 heterocycles. The second kappa shape index (κ2) is 6.84. The summed E-state index contributed by atoms with van der Waals surface area (Å²) < 4.78 is 27.9. The molecule has 0 saturated carbocycles. The van der Waals surface area contributed by atoms with Crippen molar-refractivity contribution in [3.63, 3.8) is 0 Å². The van der Waals surface area contributed by atoms with Crippen molar-refractivity contribution in [2.45, 2.75) is 11.8 Å². The van der Waals surface area contributed by atoms with Gasteiger partial charge in [-0.2, -0.15) is 0 Å². The number of benzene rings is 2. The van der Waals surface area contributed by atoms with E-state index in [4.69, 9.17) is 0 Å². The van der Waals surface area contributed by atoms with Gasteiger partial charge in [0.25, 0.3) is 10.0 Å². The third-order valence-corrected chi connectivity index (χ3v) is 5.74. The number of rotatable bonds is 5. The quantitative estimate of drug-likeness (QED) is 0.707. The van der Waals surface area contributed by atoms with Crippen LogP contribution in [0.1, 0.15) is 6.92 Å². The minimum absolute atomic E-state index is 0.301. The summed E-state index contributed by atoms with van der Waals surface area (Å²) in [6.07, 6.45) is 3.19. The van der Waals surface area contributed by atoms with E-state index in [-0.39, 0.29) is 0 Å². The van der Waals surface area contributed by atoms with Gasteiger partial charge in [-0.3, -0.25) is 9.29 Å². The highest BCUT2D eigenvalue weighted by molar-refractivity contribution is 7.93. The third kappa shape index (κ3) is 3.03. The van der Waals surface area contributed by atoms with E-state index in [1.807, 2.05) is 49.4 Å². The van der Waals surface area contributed by atoms with Gasteiger partial charge in [-0.15, -0.1) is 0 Å². The molecule has 0 amide bonds. The summed E-state index contributed by atoms with van der Waals surface area (Å²) in [5.41, 5.74) is 2.18. The fourth-order valence-electron chi connectivity index (χ4n) is 2.67. The smallest absolute Gasteiger partial charge is 0.264 e. The molecular formula is C19H18N2O2S. The van der Waals surface area contributed by atoms with Crippen molar-refractivity contribution in [3.05, 3.63) is 79.1 Å². The number of aromatic nitrogens is 1. The van der Waals surface area contributed by atoms with Gasteiger partial charge < -0.3 is 0 Å². The molecule has 0 aliphatic rings. The van der Waals surface area contributed by atoms with Crippen molar-refractivity contribution in [1.29, 1.82) is 0 Å². The fraction of sp³-hybridized carbons (Fsp3) is 0.105. The summed E-state index contributed by atoms with van der Waals surface area (Å²) in [5.74, 6) is 0. The molecule has 0 saturated heterocycles. The summed E-state index contributed by atoms with van der Waals surface area (Å²) in [7, 11) is -3.68. The molecule has 0 bridgehead atoms. The zero-order valence-electron chi connectivity index (χ0n) is 13.3. The van der Waals surface area contributed by atoms with Crippen molar-refractivity contribution in [2.75, 3.05) is 10.8 Å². The van der Waals surface area contributed by atoms with Crippen molar-refractivity contribution in [3.8, 4) is 11.1 Å². The summed E-state index contributed by atoms with van der Waals surface area (Å²) in [6, 6.07) is 20.0. The first-order valence-electron chi connectivity index (χ1n) is 7.72. The lowest BCUT2D eigenvalue weighted by Crippen LogP contribution is -2.31. The molecule has 3 rings (SSSR count). The van der Waals surface area contributed by atoms with Gasteiger partial charge in [-0.05, 0) is 30.7 Å². The van der Waals surface area contributed by atoms with E-state index in [0.717, 1.165) is 5.56 Å². The topological polar surface area (TPSA) is 50.3 Å². The number of hydrogen-bond donors (Lipinski definition) is 0. The Morgan fingerprint density at radius 1 is 0.875 bits per heavy atom. The van der Waals surface area contributed by atoms with Crippen LogP contribution in [0.2, 0.25) is 0 Å². The number of sulfonamides is 1. The molecule has 0 radical (unpaired) electrons. The van der Waals surface area contributed by atoms with E-state index in [0.29, 0.717) is 22.7 Å². The average Bonchev–Trinajstić information content (AvgIpc) is 2.64. The van der Waals surface area contributed by atoms with Crippen molar-refractivity contribution < 1.29 is 8.42 Å². The van der Waals surface area contributed by atoms with E-state index >= 15 is 0 Å². The molecule has 0 spiro atoms. The maximum absolute atomic E-state index is 13.3. The van der Waals surface area contributed by atoms with Crippen LogP contribution < -0.4 is 4.31 Å². The highest BCUT2D eigenvalue weighted by Gasteiger charge is 2.26. The van der Waals surface area contributed by atoms with Gasteiger partial charge in [0.05, 0.1) is 10.6 Å². The summed E-state index contributed by atoms with van der Waals surface area (Å²) in [4.78, 5) is 4.26. The molecule has 0 unspecified atom stereocenters. The highest BCUT2D eigenvalue weighted by Crippen LogP contribution is 2.31. The van der Waals surface area contributed by atoms with Gasteiger partial charge >= 0.3 is 0 Å². The van der Waals surface area contributed by atoms with Gasteiger partial charge in [-0.25, -0.2) is 8.42 Å². The Hall–Kier alpha value is -2.66. The molecule has 0 fully saturated rings. The number of hydrogen-bond acceptors (Lipinski definition) is 3. The second-order valence-electron chi connectivity index (χ2n) is 5.24. The molecule has 0 aliphatic heterocycles.